The maximum atomic E-state index is 12.1. The molecule has 0 aromatic carbocycles. The van der Waals surface area contributed by atoms with Crippen molar-refractivity contribution in [3.63, 3.8) is 0 Å². The molecule has 1 aliphatic rings. The summed E-state index contributed by atoms with van der Waals surface area (Å²) in [5.41, 5.74) is 0.180. The standard InChI is InChI=1S/C14H21IN2O2/c1-13(2,3)10-9(15)11(18)17-12(16-10)14(4)7-5-6-8-19-14/h5-8H2,1-4H3,(H,16,17,18). The zero-order chi connectivity index (χ0) is 14.3. The highest BCUT2D eigenvalue weighted by Gasteiger charge is 2.34. The van der Waals surface area contributed by atoms with Gasteiger partial charge in [-0.1, -0.05) is 20.8 Å². The van der Waals surface area contributed by atoms with E-state index in [1.54, 1.807) is 0 Å². The molecular formula is C14H21IN2O2. The number of nitrogens with zero attached hydrogens (tertiary/aromatic N) is 1. The number of hydrogen-bond acceptors (Lipinski definition) is 3. The van der Waals surface area contributed by atoms with Crippen molar-refractivity contribution in [2.75, 3.05) is 6.61 Å². The molecule has 2 rings (SSSR count). The lowest BCUT2D eigenvalue weighted by Crippen LogP contribution is -2.36. The molecule has 0 saturated carbocycles. The van der Waals surface area contributed by atoms with E-state index in [2.05, 4.69) is 48.3 Å². The van der Waals surface area contributed by atoms with Crippen molar-refractivity contribution < 1.29 is 4.74 Å². The number of H-pyrrole nitrogens is 1. The highest BCUT2D eigenvalue weighted by Crippen LogP contribution is 2.33. The van der Waals surface area contributed by atoms with Gasteiger partial charge in [0.15, 0.2) is 0 Å². The van der Waals surface area contributed by atoms with Crippen LogP contribution in [-0.4, -0.2) is 16.6 Å². The summed E-state index contributed by atoms with van der Waals surface area (Å²) < 4.78 is 6.55. The van der Waals surface area contributed by atoms with Crippen LogP contribution in [0.15, 0.2) is 4.79 Å². The molecule has 0 bridgehead atoms. The smallest absolute Gasteiger partial charge is 0.264 e. The number of aromatic amines is 1. The summed E-state index contributed by atoms with van der Waals surface area (Å²) >= 11 is 2.08. The van der Waals surface area contributed by atoms with Crippen LogP contribution in [-0.2, 0) is 15.8 Å². The average molecular weight is 376 g/mol. The van der Waals surface area contributed by atoms with Gasteiger partial charge in [0.2, 0.25) is 0 Å². The Morgan fingerprint density at radius 2 is 2.05 bits per heavy atom. The monoisotopic (exact) mass is 376 g/mol. The molecule has 2 heterocycles. The lowest BCUT2D eigenvalue weighted by molar-refractivity contribution is -0.0764. The minimum absolute atomic E-state index is 0.0640. The van der Waals surface area contributed by atoms with Crippen LogP contribution in [0.25, 0.3) is 0 Å². The summed E-state index contributed by atoms with van der Waals surface area (Å²) in [5, 5.41) is 0. The van der Waals surface area contributed by atoms with Crippen LogP contribution in [0, 0.1) is 3.57 Å². The van der Waals surface area contributed by atoms with E-state index in [1.165, 1.54) is 0 Å². The minimum Gasteiger partial charge on any atom is -0.367 e. The zero-order valence-corrected chi connectivity index (χ0v) is 14.1. The fourth-order valence-electron chi connectivity index (χ4n) is 2.33. The van der Waals surface area contributed by atoms with Crippen molar-refractivity contribution in [2.45, 2.75) is 58.0 Å². The first-order valence-corrected chi connectivity index (χ1v) is 7.77. The van der Waals surface area contributed by atoms with E-state index in [9.17, 15) is 4.79 Å². The van der Waals surface area contributed by atoms with Crippen molar-refractivity contribution in [2.24, 2.45) is 0 Å². The first-order chi connectivity index (χ1) is 8.74. The van der Waals surface area contributed by atoms with Crippen LogP contribution in [0.1, 0.15) is 58.5 Å². The van der Waals surface area contributed by atoms with E-state index in [1.807, 2.05) is 6.92 Å². The number of nitrogens with one attached hydrogen (secondary N) is 1. The van der Waals surface area contributed by atoms with E-state index in [4.69, 9.17) is 9.72 Å². The normalized spacial score (nSPS) is 24.5. The molecule has 1 fully saturated rings. The van der Waals surface area contributed by atoms with Crippen molar-refractivity contribution >= 4 is 22.6 Å². The Labute approximate surface area is 127 Å². The van der Waals surface area contributed by atoms with E-state index in [0.29, 0.717) is 9.39 Å². The first kappa shape index (κ1) is 15.0. The second kappa shape index (κ2) is 5.16. The Balaban J connectivity index is 2.54. The van der Waals surface area contributed by atoms with Crippen LogP contribution < -0.4 is 5.56 Å². The average Bonchev–Trinajstić information content (AvgIpc) is 2.31. The van der Waals surface area contributed by atoms with Gasteiger partial charge in [-0.25, -0.2) is 4.98 Å². The number of rotatable bonds is 1. The Hall–Kier alpha value is -0.430. The molecule has 1 N–H and O–H groups in total. The van der Waals surface area contributed by atoms with Crippen molar-refractivity contribution in [3.8, 4) is 0 Å². The Morgan fingerprint density at radius 1 is 1.37 bits per heavy atom. The summed E-state index contributed by atoms with van der Waals surface area (Å²) in [6, 6.07) is 0. The Morgan fingerprint density at radius 3 is 2.58 bits per heavy atom. The van der Waals surface area contributed by atoms with E-state index in [0.717, 1.165) is 31.6 Å². The van der Waals surface area contributed by atoms with Gasteiger partial charge in [0.05, 0.1) is 5.69 Å². The molecule has 0 spiro atoms. The molecule has 5 heteroatoms. The van der Waals surface area contributed by atoms with Crippen LogP contribution >= 0.6 is 22.6 Å². The molecule has 1 aromatic heterocycles. The van der Waals surface area contributed by atoms with Crippen molar-refractivity contribution in [1.29, 1.82) is 0 Å². The lowest BCUT2D eigenvalue weighted by Gasteiger charge is -2.33. The van der Waals surface area contributed by atoms with Crippen molar-refractivity contribution in [1.82, 2.24) is 9.97 Å². The maximum Gasteiger partial charge on any atom is 0.264 e. The highest BCUT2D eigenvalue weighted by atomic mass is 127. The summed E-state index contributed by atoms with van der Waals surface area (Å²) in [5.74, 6) is 0.669. The number of aromatic nitrogens is 2. The third-order valence-electron chi connectivity index (χ3n) is 3.54. The van der Waals surface area contributed by atoms with Crippen LogP contribution in [0.4, 0.5) is 0 Å². The third kappa shape index (κ3) is 3.02. The Kier molecular flexibility index (Phi) is 4.07. The number of ether oxygens (including phenoxy) is 1. The van der Waals surface area contributed by atoms with Gasteiger partial charge < -0.3 is 9.72 Å². The topological polar surface area (TPSA) is 55.0 Å². The third-order valence-corrected chi connectivity index (χ3v) is 4.54. The molecule has 19 heavy (non-hydrogen) atoms. The first-order valence-electron chi connectivity index (χ1n) is 6.69. The fraction of sp³-hybridized carbons (Fsp3) is 0.714. The van der Waals surface area contributed by atoms with Gasteiger partial charge in [0.1, 0.15) is 15.0 Å². The molecule has 1 atom stereocenters. The molecular weight excluding hydrogens is 355 g/mol. The number of hydrogen-bond donors (Lipinski definition) is 1. The van der Waals surface area contributed by atoms with Crippen LogP contribution in [0.5, 0.6) is 0 Å². The van der Waals surface area contributed by atoms with Crippen molar-refractivity contribution in [3.05, 3.63) is 25.4 Å². The summed E-state index contributed by atoms with van der Waals surface area (Å²) in [6.07, 6.45) is 3.09. The van der Waals surface area contributed by atoms with E-state index < -0.39 is 5.60 Å². The van der Waals surface area contributed by atoms with Crippen LogP contribution in [0.2, 0.25) is 0 Å². The quantitative estimate of drug-likeness (QED) is 0.767. The molecule has 1 unspecified atom stereocenters. The van der Waals surface area contributed by atoms with Gasteiger partial charge in [-0.15, -0.1) is 0 Å². The molecule has 0 aliphatic carbocycles. The van der Waals surface area contributed by atoms with Gasteiger partial charge in [0, 0.05) is 12.0 Å². The highest BCUT2D eigenvalue weighted by molar-refractivity contribution is 14.1. The van der Waals surface area contributed by atoms with Gasteiger partial charge in [-0.3, -0.25) is 4.79 Å². The molecule has 106 valence electrons. The van der Waals surface area contributed by atoms with E-state index in [-0.39, 0.29) is 11.0 Å². The molecule has 0 amide bonds. The summed E-state index contributed by atoms with van der Waals surface area (Å²) in [4.78, 5) is 19.7. The summed E-state index contributed by atoms with van der Waals surface area (Å²) in [7, 11) is 0. The second-order valence-corrected chi connectivity index (χ2v) is 7.44. The zero-order valence-electron chi connectivity index (χ0n) is 12.0. The number of halogens is 1. The maximum absolute atomic E-state index is 12.1. The Bertz CT molecular complexity index is 525. The second-order valence-electron chi connectivity index (χ2n) is 6.36. The summed E-state index contributed by atoms with van der Waals surface area (Å²) in [6.45, 7) is 8.97. The van der Waals surface area contributed by atoms with Gasteiger partial charge >= 0.3 is 0 Å². The van der Waals surface area contributed by atoms with Gasteiger partial charge in [-0.2, -0.15) is 0 Å². The lowest BCUT2D eigenvalue weighted by atomic mass is 9.90. The van der Waals surface area contributed by atoms with Gasteiger partial charge in [0.25, 0.3) is 5.56 Å². The minimum atomic E-state index is -0.457. The predicted molar refractivity (Wildman–Crippen MR) is 83.4 cm³/mol. The molecule has 1 aliphatic heterocycles. The molecule has 4 nitrogen and oxygen atoms in total. The predicted octanol–water partition coefficient (Wildman–Crippen LogP) is 3.09. The molecule has 1 aromatic rings. The van der Waals surface area contributed by atoms with E-state index >= 15 is 0 Å². The van der Waals surface area contributed by atoms with Gasteiger partial charge in [-0.05, 0) is 48.8 Å². The molecule has 1 saturated heterocycles. The van der Waals surface area contributed by atoms with Crippen LogP contribution in [0.3, 0.4) is 0 Å². The molecule has 0 radical (unpaired) electrons. The SMILES string of the molecule is CC(C)(C)c1nc(C2(C)CCCCO2)[nH]c(=O)c1I. The largest absolute Gasteiger partial charge is 0.367 e. The fourth-order valence-corrected chi connectivity index (χ4v) is 3.39.